The van der Waals surface area contributed by atoms with E-state index in [1.807, 2.05) is 4.68 Å². The number of likely N-dealkylation sites (tertiary alicyclic amines) is 1. The van der Waals surface area contributed by atoms with Gasteiger partial charge in [-0.05, 0) is 12.3 Å². The molecule has 0 unspecified atom stereocenters. The molecule has 0 aromatic carbocycles. The van der Waals surface area contributed by atoms with Crippen molar-refractivity contribution in [1.82, 2.24) is 19.7 Å². The van der Waals surface area contributed by atoms with Crippen LogP contribution in [0.2, 0.25) is 0 Å². The molecule has 16 heavy (non-hydrogen) atoms. The Balaban J connectivity index is 1.96. The van der Waals surface area contributed by atoms with Crippen LogP contribution in [-0.2, 0) is 13.1 Å². The molecule has 0 bridgehead atoms. The topological polar surface area (TPSA) is 60.0 Å². The monoisotopic (exact) mass is 223 g/mol. The van der Waals surface area contributed by atoms with E-state index in [0.29, 0.717) is 12.0 Å². The van der Waals surface area contributed by atoms with Crippen molar-refractivity contribution >= 4 is 0 Å². The molecule has 0 radical (unpaired) electrons. The number of aromatic nitrogens is 3. The van der Waals surface area contributed by atoms with Crippen LogP contribution in [0.15, 0.2) is 6.33 Å². The van der Waals surface area contributed by atoms with E-state index >= 15 is 0 Å². The van der Waals surface area contributed by atoms with Gasteiger partial charge in [-0.3, -0.25) is 4.90 Å². The molecule has 2 rings (SSSR count). The number of nitrogens with two attached hydrogens (primary N) is 1. The second kappa shape index (κ2) is 4.93. The molecule has 1 aromatic rings. The van der Waals surface area contributed by atoms with E-state index in [2.05, 4.69) is 28.8 Å². The third-order valence-corrected chi connectivity index (χ3v) is 2.91. The Hall–Kier alpha value is -0.940. The standard InChI is InChI=1S/C11H21N5/c1-9(2)5-16-11(13-8-14-16)7-15-4-3-10(12)6-15/h8-10H,3-7,12H2,1-2H3/t10-/m1/s1. The Labute approximate surface area is 96.6 Å². The summed E-state index contributed by atoms with van der Waals surface area (Å²) in [5.74, 6) is 1.66. The van der Waals surface area contributed by atoms with E-state index in [9.17, 15) is 0 Å². The number of hydrogen-bond donors (Lipinski definition) is 1. The van der Waals surface area contributed by atoms with Crippen LogP contribution in [0, 0.1) is 5.92 Å². The van der Waals surface area contributed by atoms with Gasteiger partial charge in [0.25, 0.3) is 0 Å². The fourth-order valence-corrected chi connectivity index (χ4v) is 2.12. The Bertz CT molecular complexity index is 333. The summed E-state index contributed by atoms with van der Waals surface area (Å²) >= 11 is 0. The Morgan fingerprint density at radius 1 is 1.56 bits per heavy atom. The molecule has 0 spiro atoms. The summed E-state index contributed by atoms with van der Waals surface area (Å²) in [6, 6.07) is 0.335. The van der Waals surface area contributed by atoms with Crippen LogP contribution in [0.25, 0.3) is 0 Å². The largest absolute Gasteiger partial charge is 0.326 e. The number of rotatable bonds is 4. The minimum atomic E-state index is 0.335. The summed E-state index contributed by atoms with van der Waals surface area (Å²) in [7, 11) is 0. The molecule has 0 amide bonds. The van der Waals surface area contributed by atoms with Gasteiger partial charge in [0.2, 0.25) is 0 Å². The third-order valence-electron chi connectivity index (χ3n) is 2.91. The highest BCUT2D eigenvalue weighted by atomic mass is 15.4. The Kier molecular flexibility index (Phi) is 3.56. The van der Waals surface area contributed by atoms with Gasteiger partial charge in [-0.15, -0.1) is 0 Å². The zero-order valence-electron chi connectivity index (χ0n) is 10.1. The van der Waals surface area contributed by atoms with Gasteiger partial charge in [-0.1, -0.05) is 13.8 Å². The zero-order valence-corrected chi connectivity index (χ0v) is 10.1. The average Bonchev–Trinajstić information content (AvgIpc) is 2.77. The highest BCUT2D eigenvalue weighted by molar-refractivity contribution is 4.88. The molecule has 5 nitrogen and oxygen atoms in total. The second-order valence-corrected chi connectivity index (χ2v) is 5.04. The molecule has 1 aliphatic rings. The second-order valence-electron chi connectivity index (χ2n) is 5.04. The van der Waals surface area contributed by atoms with Crippen molar-refractivity contribution < 1.29 is 0 Å². The summed E-state index contributed by atoms with van der Waals surface area (Å²) in [5.41, 5.74) is 5.89. The fourth-order valence-electron chi connectivity index (χ4n) is 2.12. The van der Waals surface area contributed by atoms with Crippen LogP contribution in [0.3, 0.4) is 0 Å². The predicted molar refractivity (Wildman–Crippen MR) is 62.7 cm³/mol. The lowest BCUT2D eigenvalue weighted by atomic mass is 10.2. The minimum Gasteiger partial charge on any atom is -0.326 e. The molecule has 0 aliphatic carbocycles. The normalized spacial score (nSPS) is 22.1. The first-order valence-corrected chi connectivity index (χ1v) is 5.99. The lowest BCUT2D eigenvalue weighted by Gasteiger charge is -2.15. The van der Waals surface area contributed by atoms with Gasteiger partial charge in [0, 0.05) is 25.7 Å². The number of hydrogen-bond acceptors (Lipinski definition) is 4. The van der Waals surface area contributed by atoms with Crippen LogP contribution in [0.4, 0.5) is 0 Å². The van der Waals surface area contributed by atoms with Crippen LogP contribution < -0.4 is 5.73 Å². The predicted octanol–water partition coefficient (Wildman–Crippen LogP) is 0.467. The van der Waals surface area contributed by atoms with E-state index in [4.69, 9.17) is 5.73 Å². The van der Waals surface area contributed by atoms with Gasteiger partial charge in [0.1, 0.15) is 12.2 Å². The van der Waals surface area contributed by atoms with Gasteiger partial charge in [0.15, 0.2) is 0 Å². The maximum Gasteiger partial charge on any atom is 0.141 e. The highest BCUT2D eigenvalue weighted by Crippen LogP contribution is 2.11. The van der Waals surface area contributed by atoms with E-state index in [1.165, 1.54) is 0 Å². The van der Waals surface area contributed by atoms with Crippen molar-refractivity contribution in [2.75, 3.05) is 13.1 Å². The van der Waals surface area contributed by atoms with Gasteiger partial charge in [-0.2, -0.15) is 5.10 Å². The van der Waals surface area contributed by atoms with Crippen molar-refractivity contribution in [3.8, 4) is 0 Å². The fraction of sp³-hybridized carbons (Fsp3) is 0.818. The van der Waals surface area contributed by atoms with Crippen molar-refractivity contribution in [1.29, 1.82) is 0 Å². The number of nitrogens with zero attached hydrogens (tertiary/aromatic N) is 4. The van der Waals surface area contributed by atoms with Gasteiger partial charge >= 0.3 is 0 Å². The van der Waals surface area contributed by atoms with Gasteiger partial charge in [-0.25, -0.2) is 9.67 Å². The molecular weight excluding hydrogens is 202 g/mol. The SMILES string of the molecule is CC(C)Cn1ncnc1CN1CC[C@@H](N)C1. The molecule has 2 heterocycles. The van der Waals surface area contributed by atoms with Crippen LogP contribution >= 0.6 is 0 Å². The first kappa shape index (κ1) is 11.5. The van der Waals surface area contributed by atoms with Crippen LogP contribution in [0.5, 0.6) is 0 Å². The first-order valence-electron chi connectivity index (χ1n) is 5.99. The van der Waals surface area contributed by atoms with E-state index in [-0.39, 0.29) is 0 Å². The van der Waals surface area contributed by atoms with Crippen molar-refractivity contribution in [2.45, 2.75) is 39.4 Å². The molecule has 90 valence electrons. The Morgan fingerprint density at radius 2 is 2.38 bits per heavy atom. The van der Waals surface area contributed by atoms with Crippen molar-refractivity contribution in [2.24, 2.45) is 11.7 Å². The third kappa shape index (κ3) is 2.80. The lowest BCUT2D eigenvalue weighted by Crippen LogP contribution is -2.27. The van der Waals surface area contributed by atoms with E-state index in [1.54, 1.807) is 6.33 Å². The first-order chi connectivity index (χ1) is 7.65. The lowest BCUT2D eigenvalue weighted by molar-refractivity contribution is 0.305. The van der Waals surface area contributed by atoms with Gasteiger partial charge < -0.3 is 5.73 Å². The zero-order chi connectivity index (χ0) is 11.5. The molecule has 1 atom stereocenters. The molecule has 1 fully saturated rings. The summed E-state index contributed by atoms with van der Waals surface area (Å²) in [4.78, 5) is 6.68. The average molecular weight is 223 g/mol. The summed E-state index contributed by atoms with van der Waals surface area (Å²) < 4.78 is 2.01. The summed E-state index contributed by atoms with van der Waals surface area (Å²) in [5, 5.41) is 4.27. The maximum atomic E-state index is 5.89. The molecular formula is C11H21N5. The van der Waals surface area contributed by atoms with Crippen molar-refractivity contribution in [3.05, 3.63) is 12.2 Å². The van der Waals surface area contributed by atoms with E-state index in [0.717, 1.165) is 38.4 Å². The Morgan fingerprint density at radius 3 is 3.00 bits per heavy atom. The highest BCUT2D eigenvalue weighted by Gasteiger charge is 2.20. The smallest absolute Gasteiger partial charge is 0.141 e. The molecule has 1 aliphatic heterocycles. The summed E-state index contributed by atoms with van der Waals surface area (Å²) in [6.07, 6.45) is 2.74. The van der Waals surface area contributed by atoms with Crippen molar-refractivity contribution in [3.63, 3.8) is 0 Å². The van der Waals surface area contributed by atoms with E-state index < -0.39 is 0 Å². The van der Waals surface area contributed by atoms with Gasteiger partial charge in [0.05, 0.1) is 6.54 Å². The minimum absolute atomic E-state index is 0.335. The molecule has 0 saturated carbocycles. The van der Waals surface area contributed by atoms with Crippen LogP contribution in [-0.4, -0.2) is 38.8 Å². The molecule has 1 aromatic heterocycles. The molecule has 2 N–H and O–H groups in total. The quantitative estimate of drug-likeness (QED) is 0.806. The maximum absolute atomic E-state index is 5.89. The summed E-state index contributed by atoms with van der Waals surface area (Å²) in [6.45, 7) is 8.26. The molecule has 1 saturated heterocycles. The molecule has 5 heteroatoms. The van der Waals surface area contributed by atoms with Crippen LogP contribution in [0.1, 0.15) is 26.1 Å².